The number of carbonyl (C=O) groups excluding carboxylic acids is 1. The molecule has 29 heavy (non-hydrogen) atoms. The lowest BCUT2D eigenvalue weighted by molar-refractivity contribution is -0.384. The second kappa shape index (κ2) is 7.81. The van der Waals surface area contributed by atoms with Crippen molar-refractivity contribution in [3.8, 4) is 17.0 Å². The van der Waals surface area contributed by atoms with Crippen LogP contribution in [0.1, 0.15) is 0 Å². The van der Waals surface area contributed by atoms with Gasteiger partial charge in [-0.3, -0.25) is 14.9 Å². The number of aromatic nitrogens is 2. The van der Waals surface area contributed by atoms with E-state index in [-0.39, 0.29) is 24.0 Å². The van der Waals surface area contributed by atoms with Crippen molar-refractivity contribution in [3.05, 3.63) is 89.2 Å². The molecule has 1 N–H and O–H groups in total. The van der Waals surface area contributed by atoms with E-state index in [9.17, 15) is 14.9 Å². The first-order chi connectivity index (χ1) is 14.1. The van der Waals surface area contributed by atoms with Crippen LogP contribution >= 0.6 is 0 Å². The maximum absolute atomic E-state index is 12.1. The molecule has 144 valence electrons. The molecule has 2 heterocycles. The Labute approximate surface area is 165 Å². The minimum Gasteiger partial charge on any atom is -0.484 e. The van der Waals surface area contributed by atoms with Gasteiger partial charge in [0.05, 0.1) is 16.7 Å². The zero-order valence-electron chi connectivity index (χ0n) is 15.2. The first-order valence-electron chi connectivity index (χ1n) is 8.80. The summed E-state index contributed by atoms with van der Waals surface area (Å²) in [6.07, 6.45) is 3.87. The van der Waals surface area contributed by atoms with Crippen molar-refractivity contribution in [2.75, 3.05) is 11.9 Å². The highest BCUT2D eigenvalue weighted by atomic mass is 16.6. The van der Waals surface area contributed by atoms with Crippen molar-refractivity contribution >= 4 is 22.9 Å². The lowest BCUT2D eigenvalue weighted by atomic mass is 10.1. The molecule has 0 fully saturated rings. The highest BCUT2D eigenvalue weighted by Crippen LogP contribution is 2.22. The van der Waals surface area contributed by atoms with E-state index in [0.717, 1.165) is 16.9 Å². The normalized spacial score (nSPS) is 10.6. The third kappa shape index (κ3) is 4.22. The Morgan fingerprint density at radius 2 is 1.93 bits per heavy atom. The number of nitrogens with zero attached hydrogens (tertiary/aromatic N) is 3. The molecule has 0 aliphatic heterocycles. The number of carbonyl (C=O) groups is 1. The van der Waals surface area contributed by atoms with Crippen molar-refractivity contribution in [1.82, 2.24) is 9.38 Å². The Morgan fingerprint density at radius 1 is 1.10 bits per heavy atom. The average molecular weight is 388 g/mol. The van der Waals surface area contributed by atoms with Crippen LogP contribution in [0.3, 0.4) is 0 Å². The summed E-state index contributed by atoms with van der Waals surface area (Å²) in [6, 6.07) is 18.8. The molecule has 0 aliphatic rings. The van der Waals surface area contributed by atoms with Crippen molar-refractivity contribution in [2.45, 2.75) is 0 Å². The van der Waals surface area contributed by atoms with E-state index in [0.29, 0.717) is 5.69 Å². The zero-order chi connectivity index (χ0) is 20.2. The lowest BCUT2D eigenvalue weighted by Crippen LogP contribution is -2.20. The Kier molecular flexibility index (Phi) is 4.90. The van der Waals surface area contributed by atoms with Crippen LogP contribution in [-0.2, 0) is 4.79 Å². The fourth-order valence-electron chi connectivity index (χ4n) is 2.83. The van der Waals surface area contributed by atoms with Crippen molar-refractivity contribution in [3.63, 3.8) is 0 Å². The fraction of sp³-hybridized carbons (Fsp3) is 0.0476. The Balaban J connectivity index is 1.37. The SMILES string of the molecule is O=C(COc1cccc([N+](=O)[O-])c1)Nc1ccc(-c2cn3ccccc3n2)cc1. The van der Waals surface area contributed by atoms with Gasteiger partial charge in [0.25, 0.3) is 11.6 Å². The molecule has 0 saturated carbocycles. The molecule has 4 rings (SSSR count). The van der Waals surface area contributed by atoms with E-state index in [1.165, 1.54) is 18.2 Å². The molecule has 8 nitrogen and oxygen atoms in total. The minimum absolute atomic E-state index is 0.0922. The number of amides is 1. The topological polar surface area (TPSA) is 98.8 Å². The molecule has 0 unspecified atom stereocenters. The zero-order valence-corrected chi connectivity index (χ0v) is 15.2. The van der Waals surface area contributed by atoms with E-state index >= 15 is 0 Å². The molecule has 0 radical (unpaired) electrons. The van der Waals surface area contributed by atoms with Gasteiger partial charge in [0.2, 0.25) is 0 Å². The van der Waals surface area contributed by atoms with Gasteiger partial charge in [-0.2, -0.15) is 0 Å². The predicted octanol–water partition coefficient (Wildman–Crippen LogP) is 3.93. The third-order valence-corrected chi connectivity index (χ3v) is 4.23. The number of anilines is 1. The molecule has 2 aromatic heterocycles. The maximum Gasteiger partial charge on any atom is 0.273 e. The van der Waals surface area contributed by atoms with Gasteiger partial charge in [-0.25, -0.2) is 4.98 Å². The molecule has 0 spiro atoms. The highest BCUT2D eigenvalue weighted by Gasteiger charge is 2.09. The van der Waals surface area contributed by atoms with Crippen LogP contribution in [0, 0.1) is 10.1 Å². The summed E-state index contributed by atoms with van der Waals surface area (Å²) in [7, 11) is 0. The van der Waals surface area contributed by atoms with Gasteiger partial charge in [0, 0.05) is 29.7 Å². The van der Waals surface area contributed by atoms with Crippen LogP contribution in [0.15, 0.2) is 79.1 Å². The monoisotopic (exact) mass is 388 g/mol. The quantitative estimate of drug-likeness (QED) is 0.399. The summed E-state index contributed by atoms with van der Waals surface area (Å²) in [6.45, 7) is -0.255. The predicted molar refractivity (Wildman–Crippen MR) is 108 cm³/mol. The van der Waals surface area contributed by atoms with Crippen molar-refractivity contribution in [1.29, 1.82) is 0 Å². The van der Waals surface area contributed by atoms with Crippen LogP contribution in [0.5, 0.6) is 5.75 Å². The van der Waals surface area contributed by atoms with Crippen LogP contribution in [0.4, 0.5) is 11.4 Å². The number of rotatable bonds is 6. The molecule has 0 saturated heterocycles. The molecule has 2 aromatic carbocycles. The van der Waals surface area contributed by atoms with Gasteiger partial charge >= 0.3 is 0 Å². The Hall–Kier alpha value is -4.20. The van der Waals surface area contributed by atoms with Gasteiger partial charge in [-0.1, -0.05) is 24.3 Å². The van der Waals surface area contributed by atoms with Crippen LogP contribution < -0.4 is 10.1 Å². The number of fused-ring (bicyclic) bond motifs is 1. The average Bonchev–Trinajstić information content (AvgIpc) is 3.17. The molecular weight excluding hydrogens is 372 g/mol. The minimum atomic E-state index is -0.516. The van der Waals surface area contributed by atoms with Crippen LogP contribution in [0.25, 0.3) is 16.9 Å². The number of pyridine rings is 1. The number of hydrogen-bond donors (Lipinski definition) is 1. The summed E-state index contributed by atoms with van der Waals surface area (Å²) in [5.74, 6) is -0.103. The first-order valence-corrected chi connectivity index (χ1v) is 8.80. The molecule has 0 bridgehead atoms. The van der Waals surface area contributed by atoms with Crippen LogP contribution in [0.2, 0.25) is 0 Å². The number of imidazole rings is 1. The van der Waals surface area contributed by atoms with Crippen molar-refractivity contribution < 1.29 is 14.5 Å². The van der Waals surface area contributed by atoms with E-state index in [4.69, 9.17) is 4.74 Å². The van der Waals surface area contributed by atoms with Gasteiger partial charge < -0.3 is 14.5 Å². The lowest BCUT2D eigenvalue weighted by Gasteiger charge is -2.08. The first kappa shape index (κ1) is 18.2. The molecule has 1 amide bonds. The molecule has 0 aliphatic carbocycles. The third-order valence-electron chi connectivity index (χ3n) is 4.23. The Bertz CT molecular complexity index is 1150. The maximum atomic E-state index is 12.1. The number of ether oxygens (including phenoxy) is 1. The fourth-order valence-corrected chi connectivity index (χ4v) is 2.83. The second-order valence-corrected chi connectivity index (χ2v) is 6.26. The van der Waals surface area contributed by atoms with Crippen molar-refractivity contribution in [2.24, 2.45) is 0 Å². The largest absolute Gasteiger partial charge is 0.484 e. The van der Waals surface area contributed by atoms with E-state index in [1.807, 2.05) is 47.1 Å². The summed E-state index contributed by atoms with van der Waals surface area (Å²) in [5.41, 5.74) is 3.15. The smallest absolute Gasteiger partial charge is 0.273 e. The number of hydrogen-bond acceptors (Lipinski definition) is 5. The standard InChI is InChI=1S/C21H16N4O4/c26-21(14-29-18-5-3-4-17(12-18)25(27)28)22-16-9-7-15(8-10-16)19-13-24-11-2-1-6-20(24)23-19/h1-13H,14H2,(H,22,26). The van der Waals surface area contributed by atoms with E-state index < -0.39 is 4.92 Å². The van der Waals surface area contributed by atoms with Gasteiger partial charge in [-0.05, 0) is 30.3 Å². The Morgan fingerprint density at radius 3 is 2.69 bits per heavy atom. The number of benzene rings is 2. The second-order valence-electron chi connectivity index (χ2n) is 6.26. The van der Waals surface area contributed by atoms with E-state index in [2.05, 4.69) is 10.3 Å². The summed E-state index contributed by atoms with van der Waals surface area (Å²) in [5, 5.41) is 13.5. The number of nitro groups is 1. The summed E-state index contributed by atoms with van der Waals surface area (Å²) in [4.78, 5) is 26.9. The molecular formula is C21H16N4O4. The molecule has 4 aromatic rings. The van der Waals surface area contributed by atoms with Gasteiger partial charge in [-0.15, -0.1) is 0 Å². The highest BCUT2D eigenvalue weighted by molar-refractivity contribution is 5.92. The van der Waals surface area contributed by atoms with E-state index in [1.54, 1.807) is 18.2 Å². The summed E-state index contributed by atoms with van der Waals surface area (Å²) < 4.78 is 7.27. The molecule has 8 heteroatoms. The van der Waals surface area contributed by atoms with Gasteiger partial charge in [0.15, 0.2) is 6.61 Å². The van der Waals surface area contributed by atoms with Crippen LogP contribution in [-0.4, -0.2) is 26.8 Å². The number of non-ortho nitro benzene ring substituents is 1. The van der Waals surface area contributed by atoms with Gasteiger partial charge in [0.1, 0.15) is 11.4 Å². The summed E-state index contributed by atoms with van der Waals surface area (Å²) >= 11 is 0. The molecule has 0 atom stereocenters. The number of nitrogens with one attached hydrogen (secondary N) is 1. The number of nitro benzene ring substituents is 1.